The minimum absolute atomic E-state index is 0.0134. The van der Waals surface area contributed by atoms with Gasteiger partial charge in [-0.2, -0.15) is 0 Å². The Morgan fingerprint density at radius 2 is 1.85 bits per heavy atom. The minimum atomic E-state index is -3.85. The highest BCUT2D eigenvalue weighted by atomic mass is 35.5. The zero-order valence-corrected chi connectivity index (χ0v) is 16.4. The van der Waals surface area contributed by atoms with Crippen LogP contribution < -0.4 is 10.0 Å². The summed E-state index contributed by atoms with van der Waals surface area (Å²) in [4.78, 5) is 12.2. The van der Waals surface area contributed by atoms with E-state index in [9.17, 15) is 13.2 Å². The van der Waals surface area contributed by atoms with E-state index in [0.717, 1.165) is 18.4 Å². The van der Waals surface area contributed by atoms with Gasteiger partial charge < -0.3 is 5.32 Å². The Morgan fingerprint density at radius 3 is 2.50 bits per heavy atom. The normalized spacial score (nSPS) is 12.6. The molecule has 2 aromatic carbocycles. The van der Waals surface area contributed by atoms with Crippen LogP contribution in [0.3, 0.4) is 0 Å². The standard InChI is InChI=1S/C19H23ClN2O3S/c1-3-7-14(2)22-19(23)16-10-11-17(20)18(12-16)26(24,25)21-13-15-8-5-4-6-9-15/h4-6,8-12,14,21H,3,7,13H2,1-2H3,(H,22,23). The van der Waals surface area contributed by atoms with Gasteiger partial charge in [0.1, 0.15) is 4.90 Å². The number of halogens is 1. The molecule has 2 rings (SSSR count). The molecule has 0 aliphatic carbocycles. The van der Waals surface area contributed by atoms with Gasteiger partial charge in [-0.25, -0.2) is 13.1 Å². The van der Waals surface area contributed by atoms with Gasteiger partial charge >= 0.3 is 0 Å². The van der Waals surface area contributed by atoms with Crippen LogP contribution in [0.1, 0.15) is 42.6 Å². The fourth-order valence-corrected chi connectivity index (χ4v) is 4.06. The van der Waals surface area contributed by atoms with Gasteiger partial charge in [0, 0.05) is 18.2 Å². The maximum Gasteiger partial charge on any atom is 0.251 e. The maximum atomic E-state index is 12.6. The van der Waals surface area contributed by atoms with Crippen LogP contribution in [0.2, 0.25) is 5.02 Å². The van der Waals surface area contributed by atoms with Gasteiger partial charge in [-0.05, 0) is 37.1 Å². The molecule has 5 nitrogen and oxygen atoms in total. The van der Waals surface area contributed by atoms with Crippen LogP contribution in [-0.2, 0) is 16.6 Å². The predicted molar refractivity (Wildman–Crippen MR) is 104 cm³/mol. The van der Waals surface area contributed by atoms with E-state index in [2.05, 4.69) is 10.0 Å². The first-order chi connectivity index (χ1) is 12.3. The minimum Gasteiger partial charge on any atom is -0.350 e. The van der Waals surface area contributed by atoms with E-state index in [1.807, 2.05) is 44.2 Å². The number of nitrogens with one attached hydrogen (secondary N) is 2. The number of amides is 1. The largest absolute Gasteiger partial charge is 0.350 e. The summed E-state index contributed by atoms with van der Waals surface area (Å²) in [6.45, 7) is 4.09. The average molecular weight is 395 g/mol. The van der Waals surface area contributed by atoms with Crippen LogP contribution in [0, 0.1) is 0 Å². The molecule has 0 heterocycles. The van der Waals surface area contributed by atoms with Gasteiger partial charge in [-0.1, -0.05) is 55.3 Å². The lowest BCUT2D eigenvalue weighted by Gasteiger charge is -2.14. The van der Waals surface area contributed by atoms with Crippen LogP contribution in [0.4, 0.5) is 0 Å². The molecule has 2 N–H and O–H groups in total. The van der Waals surface area contributed by atoms with Crippen molar-refractivity contribution in [2.45, 2.75) is 44.2 Å². The smallest absolute Gasteiger partial charge is 0.251 e. The Bertz CT molecular complexity index is 854. The number of benzene rings is 2. The van der Waals surface area contributed by atoms with Crippen LogP contribution >= 0.6 is 11.6 Å². The zero-order valence-electron chi connectivity index (χ0n) is 14.8. The third-order valence-electron chi connectivity index (χ3n) is 3.89. The van der Waals surface area contributed by atoms with Gasteiger partial charge in [0.05, 0.1) is 5.02 Å². The summed E-state index contributed by atoms with van der Waals surface area (Å²) < 4.78 is 27.7. The molecule has 26 heavy (non-hydrogen) atoms. The van der Waals surface area contributed by atoms with Gasteiger partial charge in [0.15, 0.2) is 0 Å². The highest BCUT2D eigenvalue weighted by Gasteiger charge is 2.20. The van der Waals surface area contributed by atoms with Crippen molar-refractivity contribution < 1.29 is 13.2 Å². The molecule has 0 spiro atoms. The van der Waals surface area contributed by atoms with E-state index >= 15 is 0 Å². The molecule has 0 bridgehead atoms. The molecule has 0 saturated heterocycles. The van der Waals surface area contributed by atoms with Crippen molar-refractivity contribution in [2.24, 2.45) is 0 Å². The van der Waals surface area contributed by atoms with Gasteiger partial charge in [0.2, 0.25) is 10.0 Å². The molecule has 7 heteroatoms. The first-order valence-electron chi connectivity index (χ1n) is 8.47. The summed E-state index contributed by atoms with van der Waals surface area (Å²) in [7, 11) is -3.85. The van der Waals surface area contributed by atoms with Crippen LogP contribution in [0.25, 0.3) is 0 Å². The average Bonchev–Trinajstić information content (AvgIpc) is 2.61. The maximum absolute atomic E-state index is 12.6. The molecular weight excluding hydrogens is 372 g/mol. The Hall–Kier alpha value is -1.89. The first-order valence-corrected chi connectivity index (χ1v) is 10.3. The molecule has 0 saturated carbocycles. The number of carbonyl (C=O) groups is 1. The van der Waals surface area contributed by atoms with Crippen molar-refractivity contribution in [2.75, 3.05) is 0 Å². The number of hydrogen-bond donors (Lipinski definition) is 2. The molecule has 1 amide bonds. The van der Waals surface area contributed by atoms with Crippen molar-refractivity contribution in [1.82, 2.24) is 10.0 Å². The first kappa shape index (κ1) is 20.4. The van der Waals surface area contributed by atoms with Crippen molar-refractivity contribution in [3.05, 3.63) is 64.7 Å². The molecular formula is C19H23ClN2O3S. The second-order valence-corrected chi connectivity index (χ2v) is 8.26. The second kappa shape index (κ2) is 9.16. The SMILES string of the molecule is CCCC(C)NC(=O)c1ccc(Cl)c(S(=O)(=O)NCc2ccccc2)c1. The summed E-state index contributed by atoms with van der Waals surface area (Å²) >= 11 is 6.07. The molecule has 0 aliphatic heterocycles. The topological polar surface area (TPSA) is 75.3 Å². The quantitative estimate of drug-likeness (QED) is 0.716. The molecule has 140 valence electrons. The molecule has 1 atom stereocenters. The highest BCUT2D eigenvalue weighted by Crippen LogP contribution is 2.23. The van der Waals surface area contributed by atoms with Crippen LogP contribution in [-0.4, -0.2) is 20.4 Å². The Labute approximate surface area is 159 Å². The van der Waals surface area contributed by atoms with E-state index in [1.165, 1.54) is 18.2 Å². The highest BCUT2D eigenvalue weighted by molar-refractivity contribution is 7.89. The van der Waals surface area contributed by atoms with E-state index in [1.54, 1.807) is 0 Å². The summed E-state index contributed by atoms with van der Waals surface area (Å²) in [5, 5.41) is 2.93. The van der Waals surface area contributed by atoms with Gasteiger partial charge in [0.25, 0.3) is 5.91 Å². The third kappa shape index (κ3) is 5.56. The lowest BCUT2D eigenvalue weighted by molar-refractivity contribution is 0.0938. The molecule has 0 aliphatic rings. The number of sulfonamides is 1. The second-order valence-electron chi connectivity index (χ2n) is 6.12. The predicted octanol–water partition coefficient (Wildman–Crippen LogP) is 3.74. The Morgan fingerprint density at radius 1 is 1.15 bits per heavy atom. The molecule has 2 aromatic rings. The van der Waals surface area contributed by atoms with Crippen molar-refractivity contribution in [3.63, 3.8) is 0 Å². The van der Waals surface area contributed by atoms with Crippen molar-refractivity contribution in [3.8, 4) is 0 Å². The van der Waals surface area contributed by atoms with E-state index in [0.29, 0.717) is 0 Å². The van der Waals surface area contributed by atoms with E-state index < -0.39 is 10.0 Å². The zero-order chi connectivity index (χ0) is 19.2. The number of rotatable bonds is 8. The fourth-order valence-electron chi connectivity index (χ4n) is 2.51. The van der Waals surface area contributed by atoms with Crippen molar-refractivity contribution >= 4 is 27.5 Å². The number of carbonyl (C=O) groups excluding carboxylic acids is 1. The fraction of sp³-hybridized carbons (Fsp3) is 0.316. The van der Waals surface area contributed by atoms with E-state index in [4.69, 9.17) is 11.6 Å². The lowest BCUT2D eigenvalue weighted by Crippen LogP contribution is -2.32. The summed E-state index contributed by atoms with van der Waals surface area (Å²) in [6, 6.07) is 13.4. The molecule has 0 radical (unpaired) electrons. The van der Waals surface area contributed by atoms with Crippen molar-refractivity contribution in [1.29, 1.82) is 0 Å². The Kier molecular flexibility index (Phi) is 7.20. The molecule has 0 fully saturated rings. The molecule has 1 unspecified atom stereocenters. The third-order valence-corrected chi connectivity index (χ3v) is 5.77. The van der Waals surface area contributed by atoms with E-state index in [-0.39, 0.29) is 34.0 Å². The number of hydrogen-bond acceptors (Lipinski definition) is 3. The van der Waals surface area contributed by atoms with Crippen LogP contribution in [0.5, 0.6) is 0 Å². The molecule has 0 aromatic heterocycles. The lowest BCUT2D eigenvalue weighted by atomic mass is 10.1. The van der Waals surface area contributed by atoms with Crippen LogP contribution in [0.15, 0.2) is 53.4 Å². The summed E-state index contributed by atoms with van der Waals surface area (Å²) in [5.41, 5.74) is 1.09. The summed E-state index contributed by atoms with van der Waals surface area (Å²) in [6.07, 6.45) is 1.80. The monoisotopic (exact) mass is 394 g/mol. The van der Waals surface area contributed by atoms with Gasteiger partial charge in [-0.15, -0.1) is 0 Å². The summed E-state index contributed by atoms with van der Waals surface area (Å²) in [5.74, 6) is -0.317. The Balaban J connectivity index is 2.18. The van der Waals surface area contributed by atoms with Gasteiger partial charge in [-0.3, -0.25) is 4.79 Å².